The second-order valence-electron chi connectivity index (χ2n) is 3.01. The third-order valence-electron chi connectivity index (χ3n) is 2.00. The monoisotopic (exact) mass is 202 g/mol. The minimum Gasteiger partial charge on any atom is -0.0893 e. The number of rotatable bonds is 4. The molecule has 1 atom stereocenters. The van der Waals surface area contributed by atoms with Gasteiger partial charge in [-0.05, 0) is 22.2 Å². The van der Waals surface area contributed by atoms with Crippen molar-refractivity contribution in [2.75, 3.05) is 0 Å². The van der Waals surface area contributed by atoms with Crippen molar-refractivity contribution < 1.29 is 0 Å². The highest BCUT2D eigenvalue weighted by Gasteiger charge is 2.01. The molecule has 0 heterocycles. The largest absolute Gasteiger partial charge is 0.0893 e. The fourth-order valence-corrected chi connectivity index (χ4v) is 1.16. The molecule has 0 saturated heterocycles. The highest BCUT2D eigenvalue weighted by atomic mass is 15.1. The lowest BCUT2D eigenvalue weighted by molar-refractivity contribution is 0.806. The Morgan fingerprint density at radius 1 is 1.20 bits per heavy atom. The van der Waals surface area contributed by atoms with Crippen molar-refractivity contribution in [3.05, 3.63) is 56.3 Å². The molecule has 6 nitrogen and oxygen atoms in total. The van der Waals surface area contributed by atoms with Gasteiger partial charge in [-0.3, -0.25) is 0 Å². The van der Waals surface area contributed by atoms with Crippen LogP contribution in [0.2, 0.25) is 0 Å². The Hall–Kier alpha value is -2.16. The second kappa shape index (κ2) is 5.54. The van der Waals surface area contributed by atoms with E-state index in [1.807, 2.05) is 31.2 Å². The van der Waals surface area contributed by atoms with E-state index in [0.29, 0.717) is 6.54 Å². The quantitative estimate of drug-likeness (QED) is 0.402. The fraction of sp³-hybridized carbons (Fsp3) is 0.333. The first kappa shape index (κ1) is 10.9. The number of benzene rings is 1. The maximum atomic E-state index is 8.27. The molecule has 1 rings (SSSR count). The normalized spacial score (nSPS) is 11.0. The number of hydrogen-bond acceptors (Lipinski definition) is 2. The molecule has 0 fully saturated rings. The first-order valence-electron chi connectivity index (χ1n) is 4.42. The van der Waals surface area contributed by atoms with Crippen LogP contribution in [0.25, 0.3) is 20.9 Å². The zero-order valence-corrected chi connectivity index (χ0v) is 8.28. The fourth-order valence-electron chi connectivity index (χ4n) is 1.16. The number of hydrogen-bond donors (Lipinski definition) is 0. The molecular formula is C9H10N6. The Kier molecular flexibility index (Phi) is 4.04. The maximum absolute atomic E-state index is 8.27. The molecule has 0 aliphatic carbocycles. The van der Waals surface area contributed by atoms with Crippen LogP contribution in [-0.2, 0) is 6.54 Å². The van der Waals surface area contributed by atoms with Gasteiger partial charge in [-0.25, -0.2) is 0 Å². The first-order valence-corrected chi connectivity index (χ1v) is 4.42. The molecular weight excluding hydrogens is 192 g/mol. The van der Waals surface area contributed by atoms with Crippen LogP contribution in [0.1, 0.15) is 24.1 Å². The topological polar surface area (TPSA) is 97.5 Å². The Morgan fingerprint density at radius 3 is 2.40 bits per heavy atom. The third-order valence-corrected chi connectivity index (χ3v) is 2.00. The Labute approximate surface area is 86.8 Å². The van der Waals surface area contributed by atoms with E-state index in [4.69, 9.17) is 11.1 Å². The SMILES string of the molecule is CC(N=[N+]=[N-])c1ccc(CN=[N+]=[N-])cc1. The van der Waals surface area contributed by atoms with Gasteiger partial charge < -0.3 is 0 Å². The van der Waals surface area contributed by atoms with Gasteiger partial charge in [0, 0.05) is 9.82 Å². The van der Waals surface area contributed by atoms with Crippen LogP contribution in [0.3, 0.4) is 0 Å². The van der Waals surface area contributed by atoms with Crippen LogP contribution in [0, 0.1) is 0 Å². The van der Waals surface area contributed by atoms with E-state index in [0.717, 1.165) is 11.1 Å². The summed E-state index contributed by atoms with van der Waals surface area (Å²) < 4.78 is 0. The standard InChI is InChI=1S/C9H10N6/c1-7(13-15-11)9-4-2-8(3-5-9)6-12-14-10/h2-5,7H,6H2,1H3. The van der Waals surface area contributed by atoms with Crippen LogP contribution >= 0.6 is 0 Å². The smallest absolute Gasteiger partial charge is 0.0597 e. The summed E-state index contributed by atoms with van der Waals surface area (Å²) >= 11 is 0. The molecule has 0 radical (unpaired) electrons. The zero-order valence-electron chi connectivity index (χ0n) is 8.28. The average molecular weight is 202 g/mol. The molecule has 0 aliphatic heterocycles. The van der Waals surface area contributed by atoms with Gasteiger partial charge in [0.25, 0.3) is 0 Å². The van der Waals surface area contributed by atoms with E-state index in [9.17, 15) is 0 Å². The van der Waals surface area contributed by atoms with Crippen molar-refractivity contribution in [2.45, 2.75) is 19.5 Å². The van der Waals surface area contributed by atoms with E-state index in [2.05, 4.69) is 20.1 Å². The molecule has 0 spiro atoms. The highest BCUT2D eigenvalue weighted by Crippen LogP contribution is 2.17. The number of azide groups is 2. The summed E-state index contributed by atoms with van der Waals surface area (Å²) in [5.74, 6) is 0. The summed E-state index contributed by atoms with van der Waals surface area (Å²) in [5, 5.41) is 7.04. The number of nitrogens with zero attached hydrogens (tertiary/aromatic N) is 6. The second-order valence-corrected chi connectivity index (χ2v) is 3.01. The molecule has 0 N–H and O–H groups in total. The third kappa shape index (κ3) is 3.23. The summed E-state index contributed by atoms with van der Waals surface area (Å²) in [7, 11) is 0. The summed E-state index contributed by atoms with van der Waals surface area (Å²) in [6.07, 6.45) is 0. The van der Waals surface area contributed by atoms with Gasteiger partial charge >= 0.3 is 0 Å². The van der Waals surface area contributed by atoms with E-state index < -0.39 is 0 Å². The highest BCUT2D eigenvalue weighted by molar-refractivity contribution is 5.24. The molecule has 0 aliphatic rings. The zero-order chi connectivity index (χ0) is 11.1. The van der Waals surface area contributed by atoms with Crippen LogP contribution in [0.5, 0.6) is 0 Å². The lowest BCUT2D eigenvalue weighted by Crippen LogP contribution is -1.88. The maximum Gasteiger partial charge on any atom is 0.0597 e. The Balaban J connectivity index is 2.79. The molecule has 1 aromatic carbocycles. The van der Waals surface area contributed by atoms with E-state index in [1.54, 1.807) is 0 Å². The van der Waals surface area contributed by atoms with E-state index in [-0.39, 0.29) is 6.04 Å². The van der Waals surface area contributed by atoms with Gasteiger partial charge in [-0.2, -0.15) is 0 Å². The van der Waals surface area contributed by atoms with Gasteiger partial charge in [0.2, 0.25) is 0 Å². The van der Waals surface area contributed by atoms with Crippen LogP contribution in [-0.4, -0.2) is 0 Å². The van der Waals surface area contributed by atoms with Gasteiger partial charge in [-0.1, -0.05) is 41.4 Å². The summed E-state index contributed by atoms with van der Waals surface area (Å²) in [6, 6.07) is 7.26. The predicted octanol–water partition coefficient (Wildman–Crippen LogP) is 3.87. The molecule has 0 amide bonds. The molecule has 1 unspecified atom stereocenters. The molecule has 1 aromatic rings. The Bertz CT molecular complexity index is 411. The van der Waals surface area contributed by atoms with Crippen molar-refractivity contribution in [3.63, 3.8) is 0 Å². The molecule has 15 heavy (non-hydrogen) atoms. The van der Waals surface area contributed by atoms with Crippen molar-refractivity contribution >= 4 is 0 Å². The summed E-state index contributed by atoms with van der Waals surface area (Å²) in [6.45, 7) is 2.16. The molecule has 76 valence electrons. The van der Waals surface area contributed by atoms with Gasteiger partial charge in [0.05, 0.1) is 12.6 Å². The lowest BCUT2D eigenvalue weighted by Gasteiger charge is -2.04. The first-order chi connectivity index (χ1) is 7.27. The molecule has 6 heteroatoms. The summed E-state index contributed by atoms with van der Waals surface area (Å²) in [5.41, 5.74) is 18.3. The van der Waals surface area contributed by atoms with Crippen molar-refractivity contribution in [1.82, 2.24) is 0 Å². The minimum atomic E-state index is -0.177. The average Bonchev–Trinajstić information content (AvgIpc) is 2.27. The van der Waals surface area contributed by atoms with Crippen molar-refractivity contribution in [1.29, 1.82) is 0 Å². The van der Waals surface area contributed by atoms with Crippen LogP contribution in [0.4, 0.5) is 0 Å². The minimum absolute atomic E-state index is 0.177. The lowest BCUT2D eigenvalue weighted by atomic mass is 10.1. The molecule has 0 bridgehead atoms. The molecule has 0 saturated carbocycles. The van der Waals surface area contributed by atoms with Crippen LogP contribution < -0.4 is 0 Å². The van der Waals surface area contributed by atoms with Crippen LogP contribution in [0.15, 0.2) is 34.5 Å². The van der Waals surface area contributed by atoms with E-state index >= 15 is 0 Å². The van der Waals surface area contributed by atoms with Gasteiger partial charge in [0.1, 0.15) is 0 Å². The van der Waals surface area contributed by atoms with Crippen molar-refractivity contribution in [2.24, 2.45) is 10.2 Å². The van der Waals surface area contributed by atoms with E-state index in [1.165, 1.54) is 0 Å². The van der Waals surface area contributed by atoms with Gasteiger partial charge in [0.15, 0.2) is 0 Å². The van der Waals surface area contributed by atoms with Crippen molar-refractivity contribution in [3.8, 4) is 0 Å². The summed E-state index contributed by atoms with van der Waals surface area (Å²) in [4.78, 5) is 5.42. The van der Waals surface area contributed by atoms with Gasteiger partial charge in [-0.15, -0.1) is 0 Å². The Morgan fingerprint density at radius 2 is 1.87 bits per heavy atom. The predicted molar refractivity (Wildman–Crippen MR) is 56.9 cm³/mol. The molecule has 0 aromatic heterocycles.